The van der Waals surface area contributed by atoms with Crippen LogP contribution in [-0.2, 0) is 69.3 Å². The molecule has 6 rings (SSSR count). The van der Waals surface area contributed by atoms with E-state index in [1.807, 2.05) is 139 Å². The molecule has 10 atom stereocenters. The van der Waals surface area contributed by atoms with Crippen molar-refractivity contribution in [3.63, 3.8) is 0 Å². The number of hydrogen-bond donors (Lipinski definition) is 7. The van der Waals surface area contributed by atoms with E-state index in [9.17, 15) is 24.0 Å². The molecule has 2 heterocycles. The molecule has 0 aliphatic carbocycles. The molecule has 500 valence electrons. The van der Waals surface area contributed by atoms with Gasteiger partial charge in [0.05, 0.1) is 13.2 Å². The van der Waals surface area contributed by atoms with Crippen molar-refractivity contribution in [2.75, 3.05) is 20.3 Å². The summed E-state index contributed by atoms with van der Waals surface area (Å²) in [6.45, 7) is 21.8. The van der Waals surface area contributed by atoms with Crippen molar-refractivity contribution < 1.29 is 62.1 Å². The molecule has 0 saturated carbocycles. The van der Waals surface area contributed by atoms with E-state index in [0.717, 1.165) is 16.7 Å². The summed E-state index contributed by atoms with van der Waals surface area (Å²) in [5.41, 5.74) is 1.16. The van der Waals surface area contributed by atoms with Crippen molar-refractivity contribution in [3.05, 3.63) is 138 Å². The van der Waals surface area contributed by atoms with Crippen LogP contribution in [0.15, 0.2) is 115 Å². The quantitative estimate of drug-likeness (QED) is 0.0294. The molecule has 4 aromatic carbocycles. The van der Waals surface area contributed by atoms with Gasteiger partial charge in [-0.05, 0) is 99.1 Å². The zero-order valence-corrected chi connectivity index (χ0v) is 55.8. The van der Waals surface area contributed by atoms with Crippen LogP contribution in [0.4, 0.5) is 0 Å². The number of carbonyl (C=O) groups is 9. The fourth-order valence-corrected chi connectivity index (χ4v) is 11.2. The Labute approximate surface area is 542 Å². The molecule has 8 amide bonds. The van der Waals surface area contributed by atoms with Crippen LogP contribution >= 0.6 is 0 Å². The van der Waals surface area contributed by atoms with Gasteiger partial charge in [-0.25, -0.2) is 4.79 Å². The Hall–Kier alpha value is -8.17. The number of rotatable bonds is 23. The molecule has 21 heteroatoms. The van der Waals surface area contributed by atoms with Gasteiger partial charge in [0, 0.05) is 32.2 Å². The maximum absolute atomic E-state index is 15.2. The molecule has 7 N–H and O–H groups in total. The second-order valence-electron chi connectivity index (χ2n) is 26.1. The summed E-state index contributed by atoms with van der Waals surface area (Å²) in [6.07, 6.45) is -2.01. The number of hydrogen-bond acceptors (Lipinski definition) is 13. The third-order valence-corrected chi connectivity index (χ3v) is 16.9. The monoisotopic (exact) mass is 1270 g/mol. The second-order valence-corrected chi connectivity index (χ2v) is 26.1. The van der Waals surface area contributed by atoms with Crippen LogP contribution in [0, 0.1) is 23.7 Å². The van der Waals surface area contributed by atoms with Gasteiger partial charge in [-0.1, -0.05) is 171 Å². The molecule has 92 heavy (non-hydrogen) atoms. The summed E-state index contributed by atoms with van der Waals surface area (Å²) in [4.78, 5) is 135. The molecule has 0 spiro atoms. The standard InChI is InChI=1S/C71H98N8O13/c1-14-45(7)59-68(87)79(13)56(42-48-31-33-52(34-32-48)92-70(10,11)12)66(85)76-60(46(8)15-2)69(88)91-47(9)61(67(86)74-55(41-43(3)4)65(84)73-54(63(82)75-59)36-38-58-89-39-40-90-58)77-64(83)53(72-62(81)44(5)6)35-37-57(80)78-71(49-25-19-16-20-26-49,50-27-21-17-22-28-50)51-29-23-18-24-30-51/h16-34,43-47,53-56,58-61H,14-15,35-42H2,1-13H3,(H,72,81)(H,73,84)(H,74,86)(H,75,82)(H,76,85)(H,77,83)(H,78,80). The minimum atomic E-state index is -1.80. The highest BCUT2D eigenvalue weighted by molar-refractivity contribution is 5.98. The Balaban J connectivity index is 1.42. The lowest BCUT2D eigenvalue weighted by Gasteiger charge is -2.37. The number of nitrogens with one attached hydrogen (secondary N) is 7. The average molecular weight is 1270 g/mol. The average Bonchev–Trinajstić information content (AvgIpc) is 0.787. The van der Waals surface area contributed by atoms with Crippen molar-refractivity contribution in [2.24, 2.45) is 23.7 Å². The smallest absolute Gasteiger partial charge is 0.329 e. The fourth-order valence-electron chi connectivity index (χ4n) is 11.2. The first-order valence-electron chi connectivity index (χ1n) is 32.4. The first kappa shape index (κ1) is 72.9. The molecule has 0 bridgehead atoms. The number of benzene rings is 4. The van der Waals surface area contributed by atoms with Gasteiger partial charge in [-0.2, -0.15) is 0 Å². The Kier molecular flexibility index (Phi) is 26.9. The van der Waals surface area contributed by atoms with Crippen LogP contribution in [0.1, 0.15) is 150 Å². The Bertz CT molecular complexity index is 3000. The molecule has 0 radical (unpaired) electrons. The van der Waals surface area contributed by atoms with E-state index in [1.54, 1.807) is 52.0 Å². The van der Waals surface area contributed by atoms with Crippen LogP contribution < -0.4 is 42.0 Å². The Morgan fingerprint density at radius 1 is 0.641 bits per heavy atom. The summed E-state index contributed by atoms with van der Waals surface area (Å²) in [5.74, 6) is -8.22. The fraction of sp³-hybridized carbons (Fsp3) is 0.535. The topological polar surface area (TPSA) is 278 Å². The van der Waals surface area contributed by atoms with Crippen LogP contribution in [0.5, 0.6) is 5.75 Å². The van der Waals surface area contributed by atoms with Gasteiger partial charge in [-0.3, -0.25) is 38.4 Å². The molecule has 21 nitrogen and oxygen atoms in total. The van der Waals surface area contributed by atoms with Crippen molar-refractivity contribution in [3.8, 4) is 5.75 Å². The summed E-state index contributed by atoms with van der Waals surface area (Å²) < 4.78 is 23.7. The number of likely N-dealkylation sites (N-methyl/N-ethyl adjacent to an activating group) is 1. The molecule has 10 unspecified atom stereocenters. The summed E-state index contributed by atoms with van der Waals surface area (Å²) in [7, 11) is 1.46. The molecule has 2 aliphatic heterocycles. The summed E-state index contributed by atoms with van der Waals surface area (Å²) >= 11 is 0. The van der Waals surface area contributed by atoms with Gasteiger partial charge < -0.3 is 61.1 Å². The van der Waals surface area contributed by atoms with Crippen molar-refractivity contribution >= 4 is 53.2 Å². The maximum Gasteiger partial charge on any atom is 0.329 e. The number of carbonyl (C=O) groups excluding carboxylic acids is 9. The molecule has 2 aliphatic rings. The third-order valence-electron chi connectivity index (χ3n) is 16.9. The minimum absolute atomic E-state index is 0.0167. The van der Waals surface area contributed by atoms with E-state index in [1.165, 1.54) is 18.9 Å². The zero-order chi connectivity index (χ0) is 67.5. The lowest BCUT2D eigenvalue weighted by atomic mass is 9.77. The van der Waals surface area contributed by atoms with Crippen LogP contribution in [0.25, 0.3) is 0 Å². The predicted molar refractivity (Wildman–Crippen MR) is 349 cm³/mol. The number of esters is 1. The first-order valence-corrected chi connectivity index (χ1v) is 32.4. The lowest BCUT2D eigenvalue weighted by molar-refractivity contribution is -0.158. The van der Waals surface area contributed by atoms with Crippen LogP contribution in [-0.4, -0.2) is 139 Å². The molecular formula is C71H98N8O13. The second kappa shape index (κ2) is 33.9. The summed E-state index contributed by atoms with van der Waals surface area (Å²) in [5, 5.41) is 20.2. The van der Waals surface area contributed by atoms with Crippen LogP contribution in [0.3, 0.4) is 0 Å². The van der Waals surface area contributed by atoms with Gasteiger partial charge in [0.2, 0.25) is 47.3 Å². The van der Waals surface area contributed by atoms with E-state index in [2.05, 4.69) is 37.2 Å². The molecule has 4 aromatic rings. The molecule has 0 aromatic heterocycles. The van der Waals surface area contributed by atoms with E-state index < -0.39 is 137 Å². The minimum Gasteiger partial charge on any atom is -0.488 e. The van der Waals surface area contributed by atoms with Crippen LogP contribution in [0.2, 0.25) is 0 Å². The largest absolute Gasteiger partial charge is 0.488 e. The summed E-state index contributed by atoms with van der Waals surface area (Å²) in [6, 6.07) is 25.5. The van der Waals surface area contributed by atoms with Crippen molar-refractivity contribution in [1.29, 1.82) is 0 Å². The number of cyclic esters (lactones) is 1. The van der Waals surface area contributed by atoms with E-state index in [0.29, 0.717) is 37.4 Å². The van der Waals surface area contributed by atoms with E-state index >= 15 is 19.2 Å². The predicted octanol–water partition coefficient (Wildman–Crippen LogP) is 6.92. The first-order chi connectivity index (χ1) is 43.6. The highest BCUT2D eigenvalue weighted by Crippen LogP contribution is 2.37. The number of ether oxygens (including phenoxy) is 4. The van der Waals surface area contributed by atoms with Gasteiger partial charge in [0.1, 0.15) is 65.3 Å². The van der Waals surface area contributed by atoms with Gasteiger partial charge in [0.25, 0.3) is 0 Å². The highest BCUT2D eigenvalue weighted by atomic mass is 16.7. The van der Waals surface area contributed by atoms with E-state index in [-0.39, 0.29) is 44.4 Å². The van der Waals surface area contributed by atoms with Gasteiger partial charge in [-0.15, -0.1) is 0 Å². The number of nitrogens with zero attached hydrogens (tertiary/aromatic N) is 1. The number of amides is 8. The van der Waals surface area contributed by atoms with Gasteiger partial charge >= 0.3 is 5.97 Å². The van der Waals surface area contributed by atoms with Gasteiger partial charge in [0.15, 0.2) is 6.29 Å². The molecule has 2 saturated heterocycles. The normalized spacial score (nSPS) is 22.1. The lowest BCUT2D eigenvalue weighted by Crippen LogP contribution is -2.62. The van der Waals surface area contributed by atoms with Crippen molar-refractivity contribution in [1.82, 2.24) is 42.1 Å². The molecular weight excluding hydrogens is 1170 g/mol. The Morgan fingerprint density at radius 2 is 1.15 bits per heavy atom. The van der Waals surface area contributed by atoms with E-state index in [4.69, 9.17) is 18.9 Å². The maximum atomic E-state index is 15.2. The Morgan fingerprint density at radius 3 is 1.66 bits per heavy atom. The zero-order valence-electron chi connectivity index (χ0n) is 55.8. The van der Waals surface area contributed by atoms with Crippen molar-refractivity contribution in [2.45, 2.75) is 200 Å². The SMILES string of the molecule is CCC(C)C1NC(=O)C(Cc2ccc(OC(C)(C)C)cc2)N(C)C(=O)C(C(C)CC)NC(=O)C(CCC2OCCO2)NC(=O)C(CC(C)C)NC(=O)C(NC(=O)C(CCC(=O)NC(c2ccccc2)(c2ccccc2)c2ccccc2)NC(=O)C(C)C)C(C)OC1=O. The molecule has 2 fully saturated rings. The third kappa shape index (κ3) is 20.2. The highest BCUT2D eigenvalue weighted by Gasteiger charge is 2.43.